The van der Waals surface area contributed by atoms with E-state index < -0.39 is 15.2 Å². The van der Waals surface area contributed by atoms with E-state index in [0.29, 0.717) is 18.2 Å². The van der Waals surface area contributed by atoms with Gasteiger partial charge in [-0.15, -0.1) is 0 Å². The first-order chi connectivity index (χ1) is 8.87. The summed E-state index contributed by atoms with van der Waals surface area (Å²) in [4.78, 5) is 0. The van der Waals surface area contributed by atoms with Crippen LogP contribution in [0.1, 0.15) is 24.5 Å². The molecule has 1 saturated carbocycles. The molecule has 0 aliphatic heterocycles. The van der Waals surface area contributed by atoms with Crippen molar-refractivity contribution in [3.63, 3.8) is 0 Å². The summed E-state index contributed by atoms with van der Waals surface area (Å²) in [5, 5.41) is 22.6. The van der Waals surface area contributed by atoms with Crippen molar-refractivity contribution in [1.29, 1.82) is 0 Å². The van der Waals surface area contributed by atoms with E-state index in [1.54, 1.807) is 10.7 Å². The Bertz CT molecular complexity index is 427. The molecule has 1 aromatic heterocycles. The van der Waals surface area contributed by atoms with Crippen LogP contribution < -0.4 is 5.59 Å². The molecule has 106 valence electrons. The molecule has 5 nitrogen and oxygen atoms in total. The van der Waals surface area contributed by atoms with Gasteiger partial charge in [-0.25, -0.2) is 4.68 Å². The summed E-state index contributed by atoms with van der Waals surface area (Å²) in [7, 11) is -2.57. The van der Waals surface area contributed by atoms with Crippen LogP contribution in [0.5, 0.6) is 0 Å². The Morgan fingerprint density at radius 3 is 2.63 bits per heavy atom. The van der Waals surface area contributed by atoms with Gasteiger partial charge in [0, 0.05) is 26.3 Å². The van der Waals surface area contributed by atoms with Gasteiger partial charge in [-0.1, -0.05) is 19.6 Å². The maximum Gasteiger partial charge on any atom is 0.510 e. The Morgan fingerprint density at radius 2 is 2.11 bits per heavy atom. The fraction of sp³-hybridized carbons (Fsp3) is 0.750. The highest BCUT2D eigenvalue weighted by molar-refractivity contribution is 6.76. The van der Waals surface area contributed by atoms with E-state index in [1.165, 1.54) is 0 Å². The third-order valence-corrected chi connectivity index (χ3v) is 5.00. The summed E-state index contributed by atoms with van der Waals surface area (Å²) in [5.41, 5.74) is 1.38. The molecular weight excluding hydrogens is 259 g/mol. The quantitative estimate of drug-likeness (QED) is 0.572. The topological polar surface area (TPSA) is 67.5 Å². The molecule has 0 amide bonds. The van der Waals surface area contributed by atoms with Gasteiger partial charge < -0.3 is 14.8 Å². The van der Waals surface area contributed by atoms with Gasteiger partial charge in [0.2, 0.25) is 0 Å². The number of aromatic nitrogens is 2. The molecule has 0 radical (unpaired) electrons. The Hall–Kier alpha value is -0.628. The highest BCUT2D eigenvalue weighted by atomic mass is 28.3. The number of nitrogens with zero attached hydrogens (tertiary/aromatic N) is 2. The molecule has 1 aliphatic carbocycles. The molecule has 1 heterocycles. The van der Waals surface area contributed by atoms with E-state index in [4.69, 9.17) is 4.74 Å². The van der Waals surface area contributed by atoms with Crippen LogP contribution in [0.2, 0.25) is 25.7 Å². The zero-order valence-electron chi connectivity index (χ0n) is 12.0. The second-order valence-electron chi connectivity index (χ2n) is 6.49. The molecule has 2 rings (SSSR count). The van der Waals surface area contributed by atoms with Crippen LogP contribution in [0, 0.1) is 0 Å². The van der Waals surface area contributed by atoms with Crippen LogP contribution in [-0.2, 0) is 11.5 Å². The van der Waals surface area contributed by atoms with Crippen LogP contribution in [-0.4, -0.2) is 41.6 Å². The lowest BCUT2D eigenvalue weighted by molar-refractivity contribution is 0.0767. The fourth-order valence-corrected chi connectivity index (χ4v) is 2.68. The van der Waals surface area contributed by atoms with Crippen molar-refractivity contribution in [2.24, 2.45) is 0 Å². The van der Waals surface area contributed by atoms with Gasteiger partial charge in [-0.2, -0.15) is 5.10 Å². The standard InChI is InChI=1S/C12H23BN2O3Si/c1-19(2,3)7-6-18-9-15-11(10-4-5-10)8-12(14-15)13(16)17/h8,10,16-17H,4-7,9H2,1-3H3. The minimum absolute atomic E-state index is 0.315. The first-order valence-corrected chi connectivity index (χ1v) is 10.6. The molecule has 7 heteroatoms. The molecule has 1 fully saturated rings. The van der Waals surface area contributed by atoms with E-state index in [2.05, 4.69) is 24.7 Å². The van der Waals surface area contributed by atoms with Crippen molar-refractivity contribution in [2.45, 2.75) is 51.2 Å². The summed E-state index contributed by atoms with van der Waals surface area (Å²) in [6.07, 6.45) is 2.31. The second-order valence-corrected chi connectivity index (χ2v) is 12.1. The summed E-state index contributed by atoms with van der Waals surface area (Å²) < 4.78 is 7.45. The van der Waals surface area contributed by atoms with Crippen molar-refractivity contribution < 1.29 is 14.8 Å². The Balaban J connectivity index is 1.91. The van der Waals surface area contributed by atoms with E-state index in [9.17, 15) is 10.0 Å². The highest BCUT2D eigenvalue weighted by Crippen LogP contribution is 2.39. The molecule has 0 spiro atoms. The van der Waals surface area contributed by atoms with Crippen LogP contribution in [0.3, 0.4) is 0 Å². The zero-order chi connectivity index (χ0) is 14.0. The van der Waals surface area contributed by atoms with Crippen LogP contribution in [0.25, 0.3) is 0 Å². The largest absolute Gasteiger partial charge is 0.510 e. The lowest BCUT2D eigenvalue weighted by Crippen LogP contribution is -2.31. The van der Waals surface area contributed by atoms with Crippen molar-refractivity contribution in [3.05, 3.63) is 11.8 Å². The van der Waals surface area contributed by atoms with Gasteiger partial charge in [-0.3, -0.25) is 0 Å². The summed E-state index contributed by atoms with van der Waals surface area (Å²) >= 11 is 0. The van der Waals surface area contributed by atoms with Crippen LogP contribution in [0.4, 0.5) is 0 Å². The van der Waals surface area contributed by atoms with Gasteiger partial charge in [0.1, 0.15) is 6.73 Å². The number of ether oxygens (including phenoxy) is 1. The van der Waals surface area contributed by atoms with Gasteiger partial charge >= 0.3 is 7.12 Å². The highest BCUT2D eigenvalue weighted by Gasteiger charge is 2.30. The maximum absolute atomic E-state index is 9.19. The van der Waals surface area contributed by atoms with Gasteiger partial charge in [0.15, 0.2) is 0 Å². The number of hydrogen-bond acceptors (Lipinski definition) is 4. The monoisotopic (exact) mass is 282 g/mol. The third kappa shape index (κ3) is 4.45. The summed E-state index contributed by atoms with van der Waals surface area (Å²) in [5.74, 6) is 0.514. The molecule has 19 heavy (non-hydrogen) atoms. The Morgan fingerprint density at radius 1 is 1.42 bits per heavy atom. The van der Waals surface area contributed by atoms with Crippen molar-refractivity contribution in [3.8, 4) is 0 Å². The van der Waals surface area contributed by atoms with Crippen molar-refractivity contribution in [1.82, 2.24) is 9.78 Å². The van der Waals surface area contributed by atoms with Gasteiger partial charge in [0.25, 0.3) is 0 Å². The average molecular weight is 282 g/mol. The SMILES string of the molecule is C[Si](C)(C)CCOCn1nc(B(O)O)cc1C1CC1. The molecule has 0 bridgehead atoms. The normalized spacial score (nSPS) is 15.8. The average Bonchev–Trinajstić information content (AvgIpc) is 3.04. The Labute approximate surface area is 115 Å². The smallest absolute Gasteiger partial charge is 0.422 e. The predicted molar refractivity (Wildman–Crippen MR) is 78.1 cm³/mol. The summed E-state index contributed by atoms with van der Waals surface area (Å²) in [6, 6.07) is 2.91. The third-order valence-electron chi connectivity index (χ3n) is 3.30. The lowest BCUT2D eigenvalue weighted by Gasteiger charge is -2.15. The van der Waals surface area contributed by atoms with E-state index >= 15 is 0 Å². The molecule has 0 aromatic carbocycles. The molecule has 1 aromatic rings. The lowest BCUT2D eigenvalue weighted by atomic mass is 9.86. The Kier molecular flexibility index (Phi) is 4.50. The van der Waals surface area contributed by atoms with Crippen LogP contribution in [0.15, 0.2) is 6.07 Å². The maximum atomic E-state index is 9.19. The van der Waals surface area contributed by atoms with Gasteiger partial charge in [0.05, 0.1) is 5.59 Å². The van der Waals surface area contributed by atoms with Gasteiger partial charge in [-0.05, 0) is 25.0 Å². The second kappa shape index (κ2) is 5.78. The first kappa shape index (κ1) is 14.8. The van der Waals surface area contributed by atoms with E-state index in [0.717, 1.165) is 31.2 Å². The minimum Gasteiger partial charge on any atom is -0.422 e. The van der Waals surface area contributed by atoms with E-state index in [-0.39, 0.29) is 0 Å². The molecule has 0 unspecified atom stereocenters. The predicted octanol–water partition coefficient (Wildman–Crippen LogP) is 0.753. The zero-order valence-corrected chi connectivity index (χ0v) is 13.0. The molecular formula is C12H23BN2O3Si. The van der Waals surface area contributed by atoms with Crippen LogP contribution >= 0.6 is 0 Å². The minimum atomic E-state index is -1.50. The number of rotatable bonds is 7. The molecule has 0 saturated heterocycles. The molecule has 2 N–H and O–H groups in total. The van der Waals surface area contributed by atoms with E-state index in [1.807, 2.05) is 0 Å². The fourth-order valence-electron chi connectivity index (χ4n) is 1.92. The summed E-state index contributed by atoms with van der Waals surface area (Å²) in [6.45, 7) is 8.11. The molecule has 1 aliphatic rings. The van der Waals surface area contributed by atoms with Crippen molar-refractivity contribution in [2.75, 3.05) is 6.61 Å². The van der Waals surface area contributed by atoms with Crippen molar-refractivity contribution >= 4 is 20.8 Å². The first-order valence-electron chi connectivity index (χ1n) is 6.88. The molecule has 0 atom stereocenters. The number of hydrogen-bond donors (Lipinski definition) is 2.